The van der Waals surface area contributed by atoms with Crippen LogP contribution in [0.15, 0.2) is 129 Å². The minimum absolute atomic E-state index is 0.0197. The second-order valence-corrected chi connectivity index (χ2v) is 26.6. The summed E-state index contributed by atoms with van der Waals surface area (Å²) in [7, 11) is 1.67. The Kier molecular flexibility index (Phi) is 23.8. The number of rotatable bonds is 19. The molecule has 0 atom stereocenters. The summed E-state index contributed by atoms with van der Waals surface area (Å²) in [5.41, 5.74) is 10.5. The number of hydrogen-bond acceptors (Lipinski definition) is 24. The number of methoxy groups -OCH3 is 1. The molecule has 15 rings (SSSR count). The summed E-state index contributed by atoms with van der Waals surface area (Å²) in [4.78, 5) is 76.4. The Morgan fingerprint density at radius 1 is 0.475 bits per heavy atom. The molecule has 3 saturated carbocycles. The summed E-state index contributed by atoms with van der Waals surface area (Å²) >= 11 is 0. The molecule has 5 aromatic heterocycles. The fraction of sp³-hybridized carbons (Fsp3) is 0.467. The van der Waals surface area contributed by atoms with Crippen LogP contribution in [0.25, 0.3) is 33.1 Å². The maximum absolute atomic E-state index is 12.6. The molecule has 2 amide bonds. The van der Waals surface area contributed by atoms with Gasteiger partial charge < -0.3 is 69.1 Å². The molecular weight excluding hydrogens is 1280 g/mol. The quantitative estimate of drug-likeness (QED) is 0.0585. The number of nitrogens with one attached hydrogen (secondary N) is 4. The number of amides is 2. The maximum Gasteiger partial charge on any atom is 0.254 e. The Morgan fingerprint density at radius 2 is 0.851 bits per heavy atom. The van der Waals surface area contributed by atoms with E-state index in [9.17, 15) is 9.59 Å². The second-order valence-electron chi connectivity index (χ2n) is 26.6. The van der Waals surface area contributed by atoms with Crippen molar-refractivity contribution < 1.29 is 42.7 Å². The van der Waals surface area contributed by atoms with E-state index in [0.29, 0.717) is 30.1 Å². The molecule has 0 bridgehead atoms. The van der Waals surface area contributed by atoms with Crippen molar-refractivity contribution in [3.63, 3.8) is 0 Å². The molecule has 4 N–H and O–H groups in total. The Balaban J connectivity index is 0.000000136. The van der Waals surface area contributed by atoms with Crippen molar-refractivity contribution in [1.82, 2.24) is 55.2 Å². The van der Waals surface area contributed by atoms with Crippen LogP contribution in [0.2, 0.25) is 0 Å². The minimum atomic E-state index is -0.163. The Hall–Kier alpha value is -9.76. The molecule has 26 nitrogen and oxygen atoms in total. The predicted molar refractivity (Wildman–Crippen MR) is 387 cm³/mol. The van der Waals surface area contributed by atoms with Gasteiger partial charge in [-0.3, -0.25) is 24.5 Å². The first kappa shape index (κ1) is 69.7. The average molecular weight is 1370 g/mol. The van der Waals surface area contributed by atoms with Crippen LogP contribution in [0.5, 0.6) is 17.2 Å². The summed E-state index contributed by atoms with van der Waals surface area (Å²) in [5.74, 6) is 3.54. The standard InChI is InChI=1S/C26H33N7O3.C25H28N4O3.C24H30N6O3/c1-17(2)31-25(34)18-15-29-26(30-16-18)32-19-3-5-21(6-4-19)36-23-14-20(33-9-11-35-12-10-33)13-22-24(23)28-8-7-27-22;30-25(28-19-4-2-1-3-5-19)18-6-8-21(9-7-18)32-23-17-20(29-12-14-31-15-13-29)16-22-24(23)27-11-10-26-22;1-31-16-17-14-27-24(28-15-17)29-18-2-4-20(5-3-18)33-22-13-19(30-8-10-32-11-9-30)12-21-23(22)26-7-6-25-21/h7-8,13-17,19,21H,3-6,9-12H2,1-2H3,(H,31,34)(H,29,30,32);1-5,10-11,16-18,21H,6-9,12-15H2,(H,28,30);6-7,12-15,18,20H,2-5,8-11,16H2,1H3,(H,27,28,29). The molecule has 4 aromatic carbocycles. The van der Waals surface area contributed by atoms with Crippen molar-refractivity contribution in [1.29, 1.82) is 0 Å². The summed E-state index contributed by atoms with van der Waals surface area (Å²) in [5, 5.41) is 12.7. The third-order valence-corrected chi connectivity index (χ3v) is 19.0. The minimum Gasteiger partial charge on any atom is -0.488 e. The number of carbonyl (C=O) groups is 2. The normalized spacial score (nSPS) is 20.9. The van der Waals surface area contributed by atoms with Crippen LogP contribution in [0.4, 0.5) is 34.6 Å². The number of anilines is 6. The highest BCUT2D eigenvalue weighted by Crippen LogP contribution is 2.38. The van der Waals surface area contributed by atoms with Crippen LogP contribution in [0.3, 0.4) is 0 Å². The van der Waals surface area contributed by atoms with Crippen molar-refractivity contribution in [2.45, 2.75) is 134 Å². The number of aromatic nitrogens is 10. The molecule has 9 aromatic rings. The highest BCUT2D eigenvalue weighted by molar-refractivity contribution is 5.94. The Labute approximate surface area is 588 Å². The molecule has 530 valence electrons. The average Bonchev–Trinajstić information content (AvgIpc) is 0.809. The molecule has 26 heteroatoms. The summed E-state index contributed by atoms with van der Waals surface area (Å²) in [6.45, 7) is 13.9. The van der Waals surface area contributed by atoms with Gasteiger partial charge in [0.1, 0.15) is 33.8 Å². The number of para-hydroxylation sites is 1. The smallest absolute Gasteiger partial charge is 0.254 e. The van der Waals surface area contributed by atoms with Crippen molar-refractivity contribution in [2.24, 2.45) is 5.92 Å². The first-order chi connectivity index (χ1) is 49.6. The highest BCUT2D eigenvalue weighted by atomic mass is 16.5. The van der Waals surface area contributed by atoms with Gasteiger partial charge in [0.15, 0.2) is 0 Å². The van der Waals surface area contributed by atoms with E-state index < -0.39 is 0 Å². The molecular formula is C75H91N17O9. The largest absolute Gasteiger partial charge is 0.488 e. The van der Waals surface area contributed by atoms with Crippen LogP contribution < -0.4 is 50.2 Å². The van der Waals surface area contributed by atoms with E-state index in [1.54, 1.807) is 69.1 Å². The fourth-order valence-electron chi connectivity index (χ4n) is 13.7. The molecule has 3 aliphatic carbocycles. The lowest BCUT2D eigenvalue weighted by molar-refractivity contribution is -0.121. The van der Waals surface area contributed by atoms with E-state index >= 15 is 0 Å². The van der Waals surface area contributed by atoms with Crippen LogP contribution in [-0.2, 0) is 30.3 Å². The zero-order chi connectivity index (χ0) is 69.1. The van der Waals surface area contributed by atoms with Crippen molar-refractivity contribution in [3.05, 3.63) is 140 Å². The Bertz CT molecular complexity index is 4130. The second kappa shape index (κ2) is 34.5. The first-order valence-electron chi connectivity index (χ1n) is 35.6. The lowest BCUT2D eigenvalue weighted by Gasteiger charge is -2.31. The van der Waals surface area contributed by atoms with Gasteiger partial charge in [-0.1, -0.05) is 18.2 Å². The van der Waals surface area contributed by atoms with E-state index in [2.05, 4.69) is 122 Å². The van der Waals surface area contributed by atoms with Gasteiger partial charge in [0.2, 0.25) is 17.8 Å². The zero-order valence-electron chi connectivity index (χ0n) is 57.8. The third-order valence-electron chi connectivity index (χ3n) is 19.0. The van der Waals surface area contributed by atoms with Gasteiger partial charge in [-0.05, 0) is 121 Å². The number of benzene rings is 4. The van der Waals surface area contributed by atoms with E-state index in [4.69, 9.17) is 33.2 Å². The van der Waals surface area contributed by atoms with E-state index in [1.165, 1.54) is 0 Å². The maximum atomic E-state index is 12.6. The predicted octanol–water partition coefficient (Wildman–Crippen LogP) is 10.4. The SMILES string of the molecule is CC(C)NC(=O)c1cnc(NC2CCC(Oc3cc(N4CCOCC4)cc4nccnc34)CC2)nc1.COCc1cnc(NC2CCC(Oc3cc(N4CCOCC4)cc4nccnc34)CC2)nc1.O=C(Nc1ccccc1)C1CCC(Oc2cc(N3CCOCC3)cc3nccnc23)CC1. The molecule has 3 saturated heterocycles. The van der Waals surface area contributed by atoms with Crippen LogP contribution in [0.1, 0.15) is 107 Å². The summed E-state index contributed by atoms with van der Waals surface area (Å²) in [6, 6.07) is 22.8. The van der Waals surface area contributed by atoms with Crippen molar-refractivity contribution in [3.8, 4) is 17.2 Å². The number of morpholine rings is 3. The lowest BCUT2D eigenvalue weighted by atomic mass is 9.86. The van der Waals surface area contributed by atoms with Gasteiger partial charge in [-0.2, -0.15) is 0 Å². The number of ether oxygens (including phenoxy) is 7. The topological polar surface area (TPSA) is 285 Å². The number of carbonyl (C=O) groups excluding carboxylic acids is 2. The van der Waals surface area contributed by atoms with Crippen LogP contribution >= 0.6 is 0 Å². The molecule has 6 aliphatic rings. The van der Waals surface area contributed by atoms with E-state index in [-0.39, 0.29) is 48.1 Å². The summed E-state index contributed by atoms with van der Waals surface area (Å²) in [6.07, 6.45) is 28.3. The molecule has 0 unspecified atom stereocenters. The summed E-state index contributed by atoms with van der Waals surface area (Å²) < 4.78 is 41.1. The highest BCUT2D eigenvalue weighted by Gasteiger charge is 2.30. The molecule has 3 aliphatic heterocycles. The number of fused-ring (bicyclic) bond motifs is 3. The molecule has 0 spiro atoms. The van der Waals surface area contributed by atoms with Gasteiger partial charge in [0.25, 0.3) is 5.91 Å². The van der Waals surface area contributed by atoms with Crippen LogP contribution in [-0.4, -0.2) is 184 Å². The van der Waals surface area contributed by atoms with Gasteiger partial charge in [-0.15, -0.1) is 0 Å². The number of hydrogen-bond donors (Lipinski definition) is 4. The van der Waals surface area contributed by atoms with Crippen molar-refractivity contribution >= 4 is 79.6 Å². The van der Waals surface area contributed by atoms with E-state index in [1.807, 2.05) is 44.2 Å². The third kappa shape index (κ3) is 19.0. The fourth-order valence-corrected chi connectivity index (χ4v) is 13.7. The number of nitrogens with zero attached hydrogens (tertiary/aromatic N) is 13. The molecule has 8 heterocycles. The first-order valence-corrected chi connectivity index (χ1v) is 35.6. The van der Waals surface area contributed by atoms with Crippen molar-refractivity contribution in [2.75, 3.05) is 117 Å². The van der Waals surface area contributed by atoms with Gasteiger partial charge >= 0.3 is 0 Å². The van der Waals surface area contributed by atoms with E-state index in [0.717, 1.165) is 235 Å². The molecule has 101 heavy (non-hydrogen) atoms. The zero-order valence-corrected chi connectivity index (χ0v) is 57.8. The molecule has 6 fully saturated rings. The van der Waals surface area contributed by atoms with Gasteiger partial charge in [0, 0.05) is 179 Å². The Morgan fingerprint density at radius 3 is 1.24 bits per heavy atom. The van der Waals surface area contributed by atoms with Gasteiger partial charge in [0.05, 0.1) is 86.7 Å². The monoisotopic (exact) mass is 1370 g/mol. The van der Waals surface area contributed by atoms with Crippen LogP contribution in [0, 0.1) is 5.92 Å². The van der Waals surface area contributed by atoms with Gasteiger partial charge in [-0.25, -0.2) is 34.9 Å². The lowest BCUT2D eigenvalue weighted by Crippen LogP contribution is -2.36. The molecule has 0 radical (unpaired) electrons.